The van der Waals surface area contributed by atoms with E-state index in [2.05, 4.69) is 27.2 Å². The van der Waals surface area contributed by atoms with Crippen LogP contribution < -0.4 is 4.90 Å². The van der Waals surface area contributed by atoms with Crippen LogP contribution in [0.25, 0.3) is 21.3 Å². The molecule has 1 aromatic carbocycles. The van der Waals surface area contributed by atoms with Crippen LogP contribution in [0.5, 0.6) is 0 Å². The molecular formula is C18H18FN3S. The van der Waals surface area contributed by atoms with E-state index in [0.717, 1.165) is 40.3 Å². The highest BCUT2D eigenvalue weighted by molar-refractivity contribution is 7.17. The third-order valence-corrected chi connectivity index (χ3v) is 5.35. The number of rotatable bonds is 2. The van der Waals surface area contributed by atoms with Gasteiger partial charge in [0.05, 0.1) is 5.39 Å². The first-order chi connectivity index (χ1) is 11.2. The van der Waals surface area contributed by atoms with Gasteiger partial charge in [0.2, 0.25) is 0 Å². The van der Waals surface area contributed by atoms with Crippen LogP contribution in [0, 0.1) is 11.7 Å². The van der Waals surface area contributed by atoms with Crippen LogP contribution in [0.3, 0.4) is 0 Å². The molecule has 1 aliphatic rings. The Morgan fingerprint density at radius 2 is 2.04 bits per heavy atom. The average Bonchev–Trinajstić information content (AvgIpc) is 3.00. The number of halogens is 1. The number of thiophene rings is 1. The highest BCUT2D eigenvalue weighted by atomic mass is 32.1. The van der Waals surface area contributed by atoms with Gasteiger partial charge in [0.15, 0.2) is 0 Å². The zero-order chi connectivity index (χ0) is 15.8. The number of hydrogen-bond acceptors (Lipinski definition) is 4. The highest BCUT2D eigenvalue weighted by Gasteiger charge is 2.22. The molecule has 5 heteroatoms. The average molecular weight is 327 g/mol. The largest absolute Gasteiger partial charge is 0.356 e. The molecule has 1 fully saturated rings. The standard InChI is InChI=1S/C18H18FN3S/c1-12-3-2-8-22(9-12)17-16-15(10-23-18(16)21-11-20-17)13-4-6-14(19)7-5-13/h4-7,10-12H,2-3,8-9H2,1H3/t12-/m0/s1. The Labute approximate surface area is 138 Å². The van der Waals surface area contributed by atoms with Crippen molar-refractivity contribution in [2.75, 3.05) is 18.0 Å². The molecule has 1 aliphatic heterocycles. The SMILES string of the molecule is C[C@H]1CCCN(c2ncnc3scc(-c4ccc(F)cc4)c23)C1. The van der Waals surface area contributed by atoms with Crippen molar-refractivity contribution in [3.63, 3.8) is 0 Å². The van der Waals surface area contributed by atoms with Crippen molar-refractivity contribution in [1.82, 2.24) is 9.97 Å². The molecule has 1 atom stereocenters. The molecule has 3 nitrogen and oxygen atoms in total. The van der Waals surface area contributed by atoms with Crippen molar-refractivity contribution in [3.8, 4) is 11.1 Å². The minimum Gasteiger partial charge on any atom is -0.356 e. The van der Waals surface area contributed by atoms with E-state index in [9.17, 15) is 4.39 Å². The summed E-state index contributed by atoms with van der Waals surface area (Å²) in [5, 5.41) is 3.20. The molecule has 0 unspecified atom stereocenters. The monoisotopic (exact) mass is 327 g/mol. The van der Waals surface area contributed by atoms with Gasteiger partial charge in [-0.05, 0) is 36.5 Å². The Bertz CT molecular complexity index is 828. The van der Waals surface area contributed by atoms with E-state index in [1.807, 2.05) is 12.1 Å². The molecule has 0 aliphatic carbocycles. The van der Waals surface area contributed by atoms with E-state index in [4.69, 9.17) is 0 Å². The van der Waals surface area contributed by atoms with Crippen LogP contribution in [0.15, 0.2) is 36.0 Å². The van der Waals surface area contributed by atoms with Crippen molar-refractivity contribution in [2.24, 2.45) is 5.92 Å². The maximum Gasteiger partial charge on any atom is 0.141 e. The summed E-state index contributed by atoms with van der Waals surface area (Å²) in [5.74, 6) is 1.48. The van der Waals surface area contributed by atoms with Gasteiger partial charge >= 0.3 is 0 Å². The Balaban J connectivity index is 1.85. The van der Waals surface area contributed by atoms with E-state index in [-0.39, 0.29) is 5.82 Å². The topological polar surface area (TPSA) is 29.0 Å². The second-order valence-electron chi connectivity index (χ2n) is 6.23. The summed E-state index contributed by atoms with van der Waals surface area (Å²) in [4.78, 5) is 12.4. The van der Waals surface area contributed by atoms with Gasteiger partial charge in [-0.25, -0.2) is 14.4 Å². The van der Waals surface area contributed by atoms with Gasteiger partial charge < -0.3 is 4.90 Å². The lowest BCUT2D eigenvalue weighted by Gasteiger charge is -2.32. The molecule has 118 valence electrons. The molecule has 0 N–H and O–H groups in total. The third-order valence-electron chi connectivity index (χ3n) is 4.46. The molecule has 0 amide bonds. The number of benzene rings is 1. The lowest BCUT2D eigenvalue weighted by molar-refractivity contribution is 0.445. The van der Waals surface area contributed by atoms with Crippen LogP contribution in [0.1, 0.15) is 19.8 Å². The summed E-state index contributed by atoms with van der Waals surface area (Å²) in [6.07, 6.45) is 4.13. The molecule has 23 heavy (non-hydrogen) atoms. The van der Waals surface area contributed by atoms with Crippen molar-refractivity contribution in [1.29, 1.82) is 0 Å². The van der Waals surface area contributed by atoms with Crippen LogP contribution in [0.4, 0.5) is 10.2 Å². The van der Waals surface area contributed by atoms with Crippen molar-refractivity contribution in [3.05, 3.63) is 41.8 Å². The molecule has 1 saturated heterocycles. The Morgan fingerprint density at radius 3 is 2.83 bits per heavy atom. The number of fused-ring (bicyclic) bond motifs is 1. The quantitative estimate of drug-likeness (QED) is 0.681. The van der Waals surface area contributed by atoms with Crippen molar-refractivity contribution < 1.29 is 4.39 Å². The smallest absolute Gasteiger partial charge is 0.141 e. The number of aromatic nitrogens is 2. The fraction of sp³-hybridized carbons (Fsp3) is 0.333. The summed E-state index contributed by atoms with van der Waals surface area (Å²) >= 11 is 1.62. The second-order valence-corrected chi connectivity index (χ2v) is 7.09. The van der Waals surface area contributed by atoms with Gasteiger partial charge in [0.1, 0.15) is 22.8 Å². The minimum absolute atomic E-state index is 0.213. The van der Waals surface area contributed by atoms with E-state index in [0.29, 0.717) is 5.92 Å². The maximum absolute atomic E-state index is 13.2. The molecule has 0 radical (unpaired) electrons. The van der Waals surface area contributed by atoms with Crippen LogP contribution >= 0.6 is 11.3 Å². The van der Waals surface area contributed by atoms with E-state index in [1.165, 1.54) is 25.0 Å². The van der Waals surface area contributed by atoms with Gasteiger partial charge in [-0.2, -0.15) is 0 Å². The third kappa shape index (κ3) is 2.70. The first kappa shape index (κ1) is 14.6. The number of nitrogens with zero attached hydrogens (tertiary/aromatic N) is 3. The summed E-state index contributed by atoms with van der Waals surface area (Å²) < 4.78 is 13.2. The normalized spacial score (nSPS) is 18.5. The van der Waals surface area contributed by atoms with Gasteiger partial charge in [-0.1, -0.05) is 19.1 Å². The predicted molar refractivity (Wildman–Crippen MR) is 93.4 cm³/mol. The zero-order valence-corrected chi connectivity index (χ0v) is 13.8. The summed E-state index contributed by atoms with van der Waals surface area (Å²) in [5.41, 5.74) is 2.11. The maximum atomic E-state index is 13.2. The zero-order valence-electron chi connectivity index (χ0n) is 13.0. The van der Waals surface area contributed by atoms with Gasteiger partial charge in [-0.15, -0.1) is 11.3 Å². The van der Waals surface area contributed by atoms with Gasteiger partial charge in [-0.3, -0.25) is 0 Å². The van der Waals surface area contributed by atoms with Crippen LogP contribution in [0.2, 0.25) is 0 Å². The summed E-state index contributed by atoms with van der Waals surface area (Å²) in [6.45, 7) is 4.36. The molecule has 4 rings (SSSR count). The van der Waals surface area contributed by atoms with Gasteiger partial charge in [0.25, 0.3) is 0 Å². The molecule has 0 saturated carbocycles. The fourth-order valence-corrected chi connectivity index (χ4v) is 4.23. The molecule has 0 spiro atoms. The molecular weight excluding hydrogens is 309 g/mol. The van der Waals surface area contributed by atoms with E-state index < -0.39 is 0 Å². The second kappa shape index (κ2) is 5.89. The molecule has 2 aromatic heterocycles. The van der Waals surface area contributed by atoms with Crippen molar-refractivity contribution in [2.45, 2.75) is 19.8 Å². The van der Waals surface area contributed by atoms with Crippen LogP contribution in [-0.2, 0) is 0 Å². The minimum atomic E-state index is -0.213. The Hall–Kier alpha value is -2.01. The lowest BCUT2D eigenvalue weighted by atomic mass is 9.99. The number of hydrogen-bond donors (Lipinski definition) is 0. The molecule has 0 bridgehead atoms. The summed E-state index contributed by atoms with van der Waals surface area (Å²) in [7, 11) is 0. The Kier molecular flexibility index (Phi) is 3.73. The first-order valence-corrected chi connectivity index (χ1v) is 8.83. The number of piperidine rings is 1. The molecule has 3 heterocycles. The van der Waals surface area contributed by atoms with Gasteiger partial charge in [0, 0.05) is 24.0 Å². The predicted octanol–water partition coefficient (Wildman–Crippen LogP) is 4.73. The highest BCUT2D eigenvalue weighted by Crippen LogP contribution is 2.38. The van der Waals surface area contributed by atoms with Crippen molar-refractivity contribution >= 4 is 27.4 Å². The molecule has 3 aromatic rings. The number of anilines is 1. The summed E-state index contributed by atoms with van der Waals surface area (Å²) in [6, 6.07) is 6.66. The lowest BCUT2D eigenvalue weighted by Crippen LogP contribution is -2.34. The van der Waals surface area contributed by atoms with E-state index >= 15 is 0 Å². The first-order valence-electron chi connectivity index (χ1n) is 7.95. The van der Waals surface area contributed by atoms with E-state index in [1.54, 1.807) is 17.7 Å². The fourth-order valence-electron chi connectivity index (χ4n) is 3.32. The van der Waals surface area contributed by atoms with Crippen LogP contribution in [-0.4, -0.2) is 23.1 Å². The Morgan fingerprint density at radius 1 is 1.22 bits per heavy atom.